The van der Waals surface area contributed by atoms with Gasteiger partial charge in [-0.2, -0.15) is 0 Å². The van der Waals surface area contributed by atoms with Crippen molar-refractivity contribution in [3.8, 4) is 0 Å². The molecule has 0 bridgehead atoms. The zero-order valence-corrected chi connectivity index (χ0v) is 14.4. The number of hydrogen-bond acceptors (Lipinski definition) is 1. The van der Waals surface area contributed by atoms with E-state index < -0.39 is 0 Å². The first-order chi connectivity index (χ1) is 9.37. The lowest BCUT2D eigenvalue weighted by Crippen LogP contribution is -2.44. The minimum Gasteiger partial charge on any atom is -0.301 e. The molecule has 0 N–H and O–H groups in total. The molecule has 20 heavy (non-hydrogen) atoms. The summed E-state index contributed by atoms with van der Waals surface area (Å²) in [5.74, 6) is 1.38. The number of nitrogens with zero attached hydrogens (tertiary/aromatic N) is 1. The molecule has 2 aliphatic rings. The molecule has 114 valence electrons. The number of allylic oxidation sites excluding steroid dienone is 4. The fourth-order valence-corrected chi connectivity index (χ4v) is 4.30. The van der Waals surface area contributed by atoms with Crippen molar-refractivity contribution in [1.29, 1.82) is 0 Å². The van der Waals surface area contributed by atoms with Gasteiger partial charge in [0.25, 0.3) is 0 Å². The fourth-order valence-electron chi connectivity index (χ4n) is 4.30. The van der Waals surface area contributed by atoms with Crippen LogP contribution in [0.5, 0.6) is 0 Å². The normalized spacial score (nSPS) is 23.6. The third-order valence-corrected chi connectivity index (χ3v) is 5.35. The second-order valence-electron chi connectivity index (χ2n) is 7.64. The Kier molecular flexibility index (Phi) is 4.79. The maximum absolute atomic E-state index is 2.64. The Morgan fingerprint density at radius 2 is 1.55 bits per heavy atom. The summed E-state index contributed by atoms with van der Waals surface area (Å²) in [6.45, 7) is 16.7. The number of piperidine rings is 1. The van der Waals surface area contributed by atoms with E-state index in [1.807, 2.05) is 0 Å². The largest absolute Gasteiger partial charge is 0.301 e. The molecule has 2 rings (SSSR count). The minimum atomic E-state index is 0.372. The summed E-state index contributed by atoms with van der Waals surface area (Å²) in [5.41, 5.74) is 3.87. The van der Waals surface area contributed by atoms with E-state index in [0.29, 0.717) is 23.3 Å². The van der Waals surface area contributed by atoms with Crippen LogP contribution in [-0.4, -0.2) is 24.0 Å². The van der Waals surface area contributed by atoms with Gasteiger partial charge in [-0.15, -0.1) is 0 Å². The van der Waals surface area contributed by atoms with Crippen molar-refractivity contribution in [2.75, 3.05) is 13.1 Å². The van der Waals surface area contributed by atoms with E-state index >= 15 is 0 Å². The molecular formula is C19H33N. The second-order valence-corrected chi connectivity index (χ2v) is 7.64. The van der Waals surface area contributed by atoms with Gasteiger partial charge in [0.1, 0.15) is 0 Å². The molecular weight excluding hydrogens is 242 g/mol. The van der Waals surface area contributed by atoms with E-state index in [1.54, 1.807) is 11.1 Å². The van der Waals surface area contributed by atoms with Crippen molar-refractivity contribution in [1.82, 2.24) is 4.90 Å². The third kappa shape index (κ3) is 2.88. The Morgan fingerprint density at radius 1 is 0.950 bits per heavy atom. The maximum Gasteiger partial charge on any atom is 0.0121 e. The summed E-state index contributed by atoms with van der Waals surface area (Å²) in [6, 6.07) is 0.691. The molecule has 1 aliphatic heterocycles. The third-order valence-electron chi connectivity index (χ3n) is 5.35. The van der Waals surface area contributed by atoms with Gasteiger partial charge in [-0.25, -0.2) is 0 Å². The standard InChI is InChI=1S/C19H33N/c1-14(2)17-8-7-9-19(18(17)15(3)4)10-12-20(13-11-19)16(5)6/h7,9,14-16H,8,10-13H2,1-6H3. The van der Waals surface area contributed by atoms with Crippen LogP contribution in [0.25, 0.3) is 0 Å². The highest BCUT2D eigenvalue weighted by molar-refractivity contribution is 5.36. The first-order valence-electron chi connectivity index (χ1n) is 8.52. The fraction of sp³-hybridized carbons (Fsp3) is 0.789. The van der Waals surface area contributed by atoms with Crippen molar-refractivity contribution in [3.63, 3.8) is 0 Å². The van der Waals surface area contributed by atoms with Gasteiger partial charge in [-0.05, 0) is 58.0 Å². The molecule has 0 saturated carbocycles. The Hall–Kier alpha value is -0.560. The van der Waals surface area contributed by atoms with Gasteiger partial charge in [0.2, 0.25) is 0 Å². The lowest BCUT2D eigenvalue weighted by Gasteiger charge is -2.47. The molecule has 0 amide bonds. The Bertz CT molecular complexity index is 390. The highest BCUT2D eigenvalue weighted by Gasteiger charge is 2.40. The molecule has 0 aromatic heterocycles. The van der Waals surface area contributed by atoms with Crippen LogP contribution in [0.15, 0.2) is 23.3 Å². The number of likely N-dealkylation sites (tertiary alicyclic amines) is 1. The molecule has 1 heterocycles. The lowest BCUT2D eigenvalue weighted by atomic mass is 9.63. The zero-order valence-electron chi connectivity index (χ0n) is 14.4. The Balaban J connectivity index is 2.30. The number of rotatable bonds is 3. The molecule has 1 spiro atoms. The molecule has 0 aromatic carbocycles. The van der Waals surface area contributed by atoms with Gasteiger partial charge in [-0.3, -0.25) is 0 Å². The Morgan fingerprint density at radius 3 is 2.00 bits per heavy atom. The van der Waals surface area contributed by atoms with E-state index in [2.05, 4.69) is 58.6 Å². The summed E-state index contributed by atoms with van der Waals surface area (Å²) in [4.78, 5) is 2.64. The average molecular weight is 275 g/mol. The van der Waals surface area contributed by atoms with Crippen LogP contribution >= 0.6 is 0 Å². The van der Waals surface area contributed by atoms with Crippen LogP contribution in [0.2, 0.25) is 0 Å². The summed E-state index contributed by atoms with van der Waals surface area (Å²) in [6.07, 6.45) is 8.82. The SMILES string of the molecule is CC(C)C1=C(C(C)C)C2(C=CC1)CCN(C(C)C)CC2. The van der Waals surface area contributed by atoms with Crippen LogP contribution in [0.1, 0.15) is 60.8 Å². The summed E-state index contributed by atoms with van der Waals surface area (Å²) in [5, 5.41) is 0. The van der Waals surface area contributed by atoms with E-state index in [4.69, 9.17) is 0 Å². The molecule has 1 heteroatoms. The van der Waals surface area contributed by atoms with E-state index in [-0.39, 0.29) is 0 Å². The van der Waals surface area contributed by atoms with Crippen molar-refractivity contribution < 1.29 is 0 Å². The minimum absolute atomic E-state index is 0.372. The van der Waals surface area contributed by atoms with Crippen LogP contribution < -0.4 is 0 Å². The predicted molar refractivity (Wildman–Crippen MR) is 88.8 cm³/mol. The van der Waals surface area contributed by atoms with Gasteiger partial charge in [0.15, 0.2) is 0 Å². The average Bonchev–Trinajstić information content (AvgIpc) is 2.38. The van der Waals surface area contributed by atoms with Crippen molar-refractivity contribution in [3.05, 3.63) is 23.3 Å². The quantitative estimate of drug-likeness (QED) is 0.652. The number of hydrogen-bond donors (Lipinski definition) is 0. The first kappa shape index (κ1) is 15.8. The molecule has 0 radical (unpaired) electrons. The highest BCUT2D eigenvalue weighted by Crippen LogP contribution is 2.49. The van der Waals surface area contributed by atoms with Crippen LogP contribution in [-0.2, 0) is 0 Å². The summed E-state index contributed by atoms with van der Waals surface area (Å²) in [7, 11) is 0. The highest BCUT2D eigenvalue weighted by atomic mass is 15.2. The van der Waals surface area contributed by atoms with Gasteiger partial charge in [0.05, 0.1) is 0 Å². The van der Waals surface area contributed by atoms with E-state index in [9.17, 15) is 0 Å². The van der Waals surface area contributed by atoms with Crippen molar-refractivity contribution in [2.45, 2.75) is 66.8 Å². The van der Waals surface area contributed by atoms with Crippen molar-refractivity contribution >= 4 is 0 Å². The lowest BCUT2D eigenvalue weighted by molar-refractivity contribution is 0.124. The molecule has 0 aromatic rings. The van der Waals surface area contributed by atoms with Gasteiger partial charge in [0, 0.05) is 11.5 Å². The predicted octanol–water partition coefficient (Wildman–Crippen LogP) is 5.05. The van der Waals surface area contributed by atoms with Gasteiger partial charge in [-0.1, -0.05) is 51.0 Å². The molecule has 1 fully saturated rings. The van der Waals surface area contributed by atoms with Gasteiger partial charge >= 0.3 is 0 Å². The second kappa shape index (κ2) is 6.05. The van der Waals surface area contributed by atoms with Crippen LogP contribution in [0.3, 0.4) is 0 Å². The zero-order chi connectivity index (χ0) is 14.9. The summed E-state index contributed by atoms with van der Waals surface area (Å²) < 4.78 is 0. The topological polar surface area (TPSA) is 3.24 Å². The van der Waals surface area contributed by atoms with Gasteiger partial charge < -0.3 is 4.90 Å². The summed E-state index contributed by atoms with van der Waals surface area (Å²) >= 11 is 0. The molecule has 1 saturated heterocycles. The van der Waals surface area contributed by atoms with Crippen LogP contribution in [0, 0.1) is 17.3 Å². The molecule has 0 unspecified atom stereocenters. The van der Waals surface area contributed by atoms with E-state index in [0.717, 1.165) is 0 Å². The molecule has 0 atom stereocenters. The van der Waals surface area contributed by atoms with Crippen molar-refractivity contribution in [2.24, 2.45) is 17.3 Å². The Labute approximate surface area is 126 Å². The molecule has 1 aliphatic carbocycles. The monoisotopic (exact) mass is 275 g/mol. The van der Waals surface area contributed by atoms with E-state index in [1.165, 1.54) is 32.4 Å². The smallest absolute Gasteiger partial charge is 0.0121 e. The molecule has 1 nitrogen and oxygen atoms in total. The van der Waals surface area contributed by atoms with Crippen LogP contribution in [0.4, 0.5) is 0 Å². The first-order valence-corrected chi connectivity index (χ1v) is 8.52. The maximum atomic E-state index is 2.64.